The van der Waals surface area contributed by atoms with Crippen molar-refractivity contribution in [3.63, 3.8) is 0 Å². The normalized spacial score (nSPS) is 11.1. The summed E-state index contributed by atoms with van der Waals surface area (Å²) in [4.78, 5) is 8.69. The van der Waals surface area contributed by atoms with Crippen molar-refractivity contribution >= 4 is 22.7 Å². The highest BCUT2D eigenvalue weighted by atomic mass is 16.5. The molecule has 0 unspecified atom stereocenters. The summed E-state index contributed by atoms with van der Waals surface area (Å²) in [5, 5.41) is 2.28. The highest BCUT2D eigenvalue weighted by Crippen LogP contribution is 2.28. The Labute approximate surface area is 152 Å². The Kier molecular flexibility index (Phi) is 4.70. The largest absolute Gasteiger partial charge is 0.488 e. The van der Waals surface area contributed by atoms with E-state index in [-0.39, 0.29) is 0 Å². The van der Waals surface area contributed by atoms with Crippen LogP contribution >= 0.6 is 0 Å². The van der Waals surface area contributed by atoms with E-state index in [4.69, 9.17) is 4.74 Å². The maximum atomic E-state index is 6.11. The van der Waals surface area contributed by atoms with Crippen LogP contribution in [-0.4, -0.2) is 11.2 Å². The van der Waals surface area contributed by atoms with E-state index in [1.54, 1.807) is 12.4 Å². The SMILES string of the molecule is C(=Nc1cccnc1)c1c(OCc2ccccc2)ccc2ccccc12. The van der Waals surface area contributed by atoms with Gasteiger partial charge in [0.1, 0.15) is 12.4 Å². The van der Waals surface area contributed by atoms with Crippen LogP contribution in [0.25, 0.3) is 10.8 Å². The van der Waals surface area contributed by atoms with Crippen LogP contribution in [0.1, 0.15) is 11.1 Å². The van der Waals surface area contributed by atoms with E-state index in [9.17, 15) is 0 Å². The van der Waals surface area contributed by atoms with Crippen molar-refractivity contribution in [3.05, 3.63) is 102 Å². The van der Waals surface area contributed by atoms with Crippen LogP contribution in [0, 0.1) is 0 Å². The van der Waals surface area contributed by atoms with Gasteiger partial charge in [0, 0.05) is 18.0 Å². The molecule has 0 radical (unpaired) electrons. The molecule has 1 heterocycles. The first-order chi connectivity index (χ1) is 12.9. The lowest BCUT2D eigenvalue weighted by atomic mass is 10.0. The minimum atomic E-state index is 0.521. The fourth-order valence-corrected chi connectivity index (χ4v) is 2.84. The molecule has 4 aromatic rings. The van der Waals surface area contributed by atoms with E-state index >= 15 is 0 Å². The Bertz CT molecular complexity index is 1030. The van der Waals surface area contributed by atoms with Crippen molar-refractivity contribution in [2.45, 2.75) is 6.61 Å². The second-order valence-electron chi connectivity index (χ2n) is 5.94. The van der Waals surface area contributed by atoms with E-state index in [0.29, 0.717) is 6.61 Å². The zero-order chi connectivity index (χ0) is 17.6. The van der Waals surface area contributed by atoms with Gasteiger partial charge in [-0.05, 0) is 34.5 Å². The summed E-state index contributed by atoms with van der Waals surface area (Å²) in [6.07, 6.45) is 5.34. The van der Waals surface area contributed by atoms with Crippen molar-refractivity contribution in [1.82, 2.24) is 4.98 Å². The Balaban J connectivity index is 1.71. The van der Waals surface area contributed by atoms with Crippen LogP contribution in [0.3, 0.4) is 0 Å². The summed E-state index contributed by atoms with van der Waals surface area (Å²) in [6, 6.07) is 26.3. The number of benzene rings is 3. The first kappa shape index (κ1) is 16.0. The van der Waals surface area contributed by atoms with Crippen LogP contribution in [0.5, 0.6) is 5.75 Å². The average molecular weight is 338 g/mol. The molecular formula is C23H18N2O. The molecule has 0 atom stereocenters. The van der Waals surface area contributed by atoms with Gasteiger partial charge in [0.05, 0.1) is 11.9 Å². The number of rotatable bonds is 5. The van der Waals surface area contributed by atoms with Crippen LogP contribution in [-0.2, 0) is 6.61 Å². The third-order valence-corrected chi connectivity index (χ3v) is 4.16. The molecule has 0 aliphatic rings. The monoisotopic (exact) mass is 338 g/mol. The molecule has 26 heavy (non-hydrogen) atoms. The van der Waals surface area contributed by atoms with Gasteiger partial charge >= 0.3 is 0 Å². The Hall–Kier alpha value is -3.46. The predicted molar refractivity (Wildman–Crippen MR) is 106 cm³/mol. The Morgan fingerprint density at radius 1 is 0.846 bits per heavy atom. The van der Waals surface area contributed by atoms with Crippen LogP contribution in [0.4, 0.5) is 5.69 Å². The molecular weight excluding hydrogens is 320 g/mol. The number of fused-ring (bicyclic) bond motifs is 1. The standard InChI is InChI=1S/C23H18N2O/c1-2-7-18(8-3-1)17-26-23-13-12-19-9-4-5-11-21(19)22(23)16-25-20-10-6-14-24-15-20/h1-16H,17H2. The number of hydrogen-bond donors (Lipinski definition) is 0. The average Bonchev–Trinajstić information content (AvgIpc) is 2.72. The van der Waals surface area contributed by atoms with Gasteiger partial charge in [0.2, 0.25) is 0 Å². The third-order valence-electron chi connectivity index (χ3n) is 4.16. The maximum Gasteiger partial charge on any atom is 0.129 e. The summed E-state index contributed by atoms with van der Waals surface area (Å²) in [6.45, 7) is 0.521. The second kappa shape index (κ2) is 7.62. The van der Waals surface area contributed by atoms with E-state index in [1.165, 1.54) is 0 Å². The summed E-state index contributed by atoms with van der Waals surface area (Å²) in [5.74, 6) is 0.820. The molecule has 3 nitrogen and oxygen atoms in total. The summed E-state index contributed by atoms with van der Waals surface area (Å²) in [5.41, 5.74) is 2.92. The molecule has 0 fully saturated rings. The molecule has 4 rings (SSSR count). The highest BCUT2D eigenvalue weighted by Gasteiger charge is 2.07. The van der Waals surface area contributed by atoms with E-state index in [1.807, 2.05) is 54.7 Å². The van der Waals surface area contributed by atoms with Gasteiger partial charge in [-0.3, -0.25) is 9.98 Å². The highest BCUT2D eigenvalue weighted by molar-refractivity contribution is 6.03. The van der Waals surface area contributed by atoms with Gasteiger partial charge in [-0.25, -0.2) is 0 Å². The molecule has 126 valence electrons. The van der Waals surface area contributed by atoms with Crippen molar-refractivity contribution in [2.24, 2.45) is 4.99 Å². The molecule has 0 spiro atoms. The fraction of sp³-hybridized carbons (Fsp3) is 0.0435. The topological polar surface area (TPSA) is 34.5 Å². The van der Waals surface area contributed by atoms with Crippen molar-refractivity contribution in [1.29, 1.82) is 0 Å². The number of aliphatic imine (C=N–C) groups is 1. The van der Waals surface area contributed by atoms with Crippen molar-refractivity contribution in [3.8, 4) is 5.75 Å². The van der Waals surface area contributed by atoms with Crippen LogP contribution in [0.15, 0.2) is 96.2 Å². The first-order valence-corrected chi connectivity index (χ1v) is 8.53. The number of hydrogen-bond acceptors (Lipinski definition) is 3. The van der Waals surface area contributed by atoms with Gasteiger partial charge in [0.15, 0.2) is 0 Å². The molecule has 0 aliphatic heterocycles. The fourth-order valence-electron chi connectivity index (χ4n) is 2.84. The minimum absolute atomic E-state index is 0.521. The van der Waals surface area contributed by atoms with Gasteiger partial charge in [0.25, 0.3) is 0 Å². The van der Waals surface area contributed by atoms with Gasteiger partial charge < -0.3 is 4.74 Å². The molecule has 0 bridgehead atoms. The van der Waals surface area contributed by atoms with E-state index in [2.05, 4.69) is 40.3 Å². The van der Waals surface area contributed by atoms with Gasteiger partial charge in [-0.2, -0.15) is 0 Å². The lowest BCUT2D eigenvalue weighted by molar-refractivity contribution is 0.306. The van der Waals surface area contributed by atoms with E-state index in [0.717, 1.165) is 33.3 Å². The van der Waals surface area contributed by atoms with Gasteiger partial charge in [-0.1, -0.05) is 60.7 Å². The second-order valence-corrected chi connectivity index (χ2v) is 5.94. The molecule has 0 N–H and O–H groups in total. The summed E-state index contributed by atoms with van der Waals surface area (Å²) < 4.78 is 6.11. The third kappa shape index (κ3) is 3.62. The van der Waals surface area contributed by atoms with E-state index < -0.39 is 0 Å². The molecule has 0 aliphatic carbocycles. The maximum absolute atomic E-state index is 6.11. The molecule has 3 heteroatoms. The Morgan fingerprint density at radius 2 is 1.69 bits per heavy atom. The number of nitrogens with zero attached hydrogens (tertiary/aromatic N) is 2. The van der Waals surface area contributed by atoms with Crippen molar-refractivity contribution < 1.29 is 4.74 Å². The van der Waals surface area contributed by atoms with Crippen LogP contribution < -0.4 is 4.74 Å². The Morgan fingerprint density at radius 3 is 2.54 bits per heavy atom. The lowest BCUT2D eigenvalue weighted by Gasteiger charge is -2.12. The molecule has 1 aromatic heterocycles. The predicted octanol–water partition coefficient (Wildman–Crippen LogP) is 5.56. The van der Waals surface area contributed by atoms with Crippen molar-refractivity contribution in [2.75, 3.05) is 0 Å². The number of ether oxygens (including phenoxy) is 1. The zero-order valence-corrected chi connectivity index (χ0v) is 14.2. The number of pyridine rings is 1. The lowest BCUT2D eigenvalue weighted by Crippen LogP contribution is -1.99. The molecule has 3 aromatic carbocycles. The van der Waals surface area contributed by atoms with Crippen LogP contribution in [0.2, 0.25) is 0 Å². The summed E-state index contributed by atoms with van der Waals surface area (Å²) >= 11 is 0. The smallest absolute Gasteiger partial charge is 0.129 e. The van der Waals surface area contributed by atoms with Gasteiger partial charge in [-0.15, -0.1) is 0 Å². The molecule has 0 amide bonds. The first-order valence-electron chi connectivity index (χ1n) is 8.53. The number of aromatic nitrogens is 1. The minimum Gasteiger partial charge on any atom is -0.488 e. The summed E-state index contributed by atoms with van der Waals surface area (Å²) in [7, 11) is 0. The molecule has 0 saturated carbocycles. The molecule has 0 saturated heterocycles. The quantitative estimate of drug-likeness (QED) is 0.446. The zero-order valence-electron chi connectivity index (χ0n) is 14.2.